The van der Waals surface area contributed by atoms with Crippen molar-refractivity contribution in [2.45, 2.75) is 32.6 Å². The summed E-state index contributed by atoms with van der Waals surface area (Å²) < 4.78 is 13.6. The van der Waals surface area contributed by atoms with Crippen molar-refractivity contribution in [3.63, 3.8) is 0 Å². The van der Waals surface area contributed by atoms with Crippen LogP contribution in [0.4, 0.5) is 0 Å². The lowest BCUT2D eigenvalue weighted by Crippen LogP contribution is -2.22. The minimum absolute atomic E-state index is 0.201. The van der Waals surface area contributed by atoms with E-state index in [1.54, 1.807) is 31.5 Å². The van der Waals surface area contributed by atoms with Crippen molar-refractivity contribution >= 4 is 33.0 Å². The fraction of sp³-hybridized carbons (Fsp3) is 0.269. The third kappa shape index (κ3) is 5.79. The first-order chi connectivity index (χ1) is 16.0. The third-order valence-corrected chi connectivity index (χ3v) is 5.53. The molecule has 6 nitrogen and oxygen atoms in total. The number of unbranched alkanes of at least 4 members (excludes halogenated alkanes) is 1. The maximum absolute atomic E-state index is 13.3. The monoisotopic (exact) mass is 509 g/mol. The summed E-state index contributed by atoms with van der Waals surface area (Å²) in [6.45, 7) is 10.0. The molecule has 0 bridgehead atoms. The number of hydrogen-bond donors (Lipinski definition) is 0. The summed E-state index contributed by atoms with van der Waals surface area (Å²) >= 11 is 3.44. The van der Waals surface area contributed by atoms with Gasteiger partial charge in [-0.2, -0.15) is 9.78 Å². The Bertz CT molecular complexity index is 1250. The molecule has 0 aliphatic rings. The second-order valence-corrected chi connectivity index (χ2v) is 8.37. The van der Waals surface area contributed by atoms with Gasteiger partial charge in [-0.3, -0.25) is 4.79 Å². The van der Waals surface area contributed by atoms with E-state index in [1.807, 2.05) is 24.3 Å². The van der Waals surface area contributed by atoms with Gasteiger partial charge >= 0.3 is 0 Å². The molecule has 0 aliphatic heterocycles. The molecule has 0 unspecified atom stereocenters. The van der Waals surface area contributed by atoms with Crippen molar-refractivity contribution in [1.82, 2.24) is 9.66 Å². The van der Waals surface area contributed by atoms with Gasteiger partial charge in [0.2, 0.25) is 0 Å². The lowest BCUT2D eigenvalue weighted by molar-refractivity contribution is 0.323. The van der Waals surface area contributed by atoms with Gasteiger partial charge in [0, 0.05) is 16.5 Å². The largest absolute Gasteiger partial charge is 0.493 e. The number of methoxy groups -OCH3 is 1. The Kier molecular flexibility index (Phi) is 8.60. The standard InChI is InChI=1S/C26H28BrN3O3/c1-5-8-10-24-29-22-12-11-20(27)16-21(22)26(31)30(24)28-17-18-14-19(9-6-2)25(33-13-7-3)23(15-18)32-4/h6-7,11-12,14-17H,2-3,5,8-10,13H2,1,4H3. The molecule has 0 atom stereocenters. The second-order valence-electron chi connectivity index (χ2n) is 7.46. The van der Waals surface area contributed by atoms with E-state index >= 15 is 0 Å². The van der Waals surface area contributed by atoms with E-state index in [9.17, 15) is 4.79 Å². The zero-order chi connectivity index (χ0) is 23.8. The van der Waals surface area contributed by atoms with Gasteiger partial charge in [-0.05, 0) is 48.7 Å². The number of allylic oxidation sites excluding steroid dienone is 1. The maximum Gasteiger partial charge on any atom is 0.282 e. The average Bonchev–Trinajstić information content (AvgIpc) is 2.81. The number of halogens is 1. The van der Waals surface area contributed by atoms with E-state index in [-0.39, 0.29) is 5.56 Å². The molecular weight excluding hydrogens is 482 g/mol. The molecule has 0 fully saturated rings. The number of benzene rings is 2. The van der Waals surface area contributed by atoms with Gasteiger partial charge in [-0.15, -0.1) is 6.58 Å². The van der Waals surface area contributed by atoms with Crippen LogP contribution in [0.5, 0.6) is 11.5 Å². The van der Waals surface area contributed by atoms with Crippen LogP contribution in [0.15, 0.2) is 70.0 Å². The van der Waals surface area contributed by atoms with Crippen molar-refractivity contribution < 1.29 is 9.47 Å². The minimum atomic E-state index is -0.201. The highest BCUT2D eigenvalue weighted by molar-refractivity contribution is 9.10. The summed E-state index contributed by atoms with van der Waals surface area (Å²) in [6, 6.07) is 9.29. The van der Waals surface area contributed by atoms with Crippen molar-refractivity contribution in [3.8, 4) is 11.5 Å². The normalized spacial score (nSPS) is 11.1. The van der Waals surface area contributed by atoms with Gasteiger partial charge in [-0.25, -0.2) is 4.98 Å². The first-order valence-corrected chi connectivity index (χ1v) is 11.6. The number of fused-ring (bicyclic) bond motifs is 1. The second kappa shape index (κ2) is 11.6. The summed E-state index contributed by atoms with van der Waals surface area (Å²) in [6.07, 6.45) is 8.29. The molecule has 3 aromatic rings. The zero-order valence-corrected chi connectivity index (χ0v) is 20.6. The topological polar surface area (TPSA) is 65.7 Å². The summed E-state index contributed by atoms with van der Waals surface area (Å²) in [4.78, 5) is 18.0. The Morgan fingerprint density at radius 1 is 1.21 bits per heavy atom. The van der Waals surface area contributed by atoms with E-state index in [2.05, 4.69) is 41.1 Å². The predicted molar refractivity (Wildman–Crippen MR) is 138 cm³/mol. The zero-order valence-electron chi connectivity index (χ0n) is 19.0. The van der Waals surface area contributed by atoms with Gasteiger partial charge in [0.1, 0.15) is 12.4 Å². The molecule has 0 spiro atoms. The number of aromatic nitrogens is 2. The number of aryl methyl sites for hydroxylation is 1. The molecule has 0 amide bonds. The van der Waals surface area contributed by atoms with Crippen LogP contribution >= 0.6 is 15.9 Å². The number of ether oxygens (including phenoxy) is 2. The Labute approximate surface area is 202 Å². The highest BCUT2D eigenvalue weighted by Crippen LogP contribution is 2.33. The lowest BCUT2D eigenvalue weighted by Gasteiger charge is -2.15. The molecule has 0 saturated carbocycles. The van der Waals surface area contributed by atoms with Gasteiger partial charge < -0.3 is 9.47 Å². The first kappa shape index (κ1) is 24.5. The predicted octanol–water partition coefficient (Wildman–Crippen LogP) is 5.69. The van der Waals surface area contributed by atoms with Crippen LogP contribution in [-0.2, 0) is 12.8 Å². The van der Waals surface area contributed by atoms with Crippen LogP contribution in [0.1, 0.15) is 36.7 Å². The summed E-state index contributed by atoms with van der Waals surface area (Å²) in [5, 5.41) is 5.05. The van der Waals surface area contributed by atoms with Crippen LogP contribution < -0.4 is 15.0 Å². The molecule has 0 aliphatic carbocycles. The first-order valence-electron chi connectivity index (χ1n) is 10.8. The molecule has 1 heterocycles. The molecule has 1 aromatic heterocycles. The van der Waals surface area contributed by atoms with Gasteiger partial charge in [0.15, 0.2) is 11.5 Å². The molecule has 0 radical (unpaired) electrons. The van der Waals surface area contributed by atoms with E-state index in [0.29, 0.717) is 47.7 Å². The van der Waals surface area contributed by atoms with E-state index < -0.39 is 0 Å². The Hall–Kier alpha value is -3.19. The van der Waals surface area contributed by atoms with Crippen molar-refractivity contribution in [3.05, 3.63) is 87.4 Å². The molecular formula is C26H28BrN3O3. The molecule has 0 saturated heterocycles. The molecule has 2 aromatic carbocycles. The fourth-order valence-electron chi connectivity index (χ4n) is 3.46. The Balaban J connectivity index is 2.11. The summed E-state index contributed by atoms with van der Waals surface area (Å²) in [7, 11) is 1.59. The number of nitrogens with zero attached hydrogens (tertiary/aromatic N) is 3. The molecule has 172 valence electrons. The SMILES string of the molecule is C=CCOc1c(CC=C)cc(C=Nn2c(CCCC)nc3ccc(Br)cc3c2=O)cc1OC. The van der Waals surface area contributed by atoms with Gasteiger partial charge in [0.05, 0.1) is 24.2 Å². The Morgan fingerprint density at radius 2 is 2.03 bits per heavy atom. The average molecular weight is 510 g/mol. The van der Waals surface area contributed by atoms with E-state index in [1.165, 1.54) is 4.68 Å². The highest BCUT2D eigenvalue weighted by atomic mass is 79.9. The van der Waals surface area contributed by atoms with Gasteiger partial charge in [-0.1, -0.05) is 48.0 Å². The fourth-order valence-corrected chi connectivity index (χ4v) is 3.82. The quantitative estimate of drug-likeness (QED) is 0.246. The molecule has 0 N–H and O–H groups in total. The highest BCUT2D eigenvalue weighted by Gasteiger charge is 2.13. The Morgan fingerprint density at radius 3 is 2.73 bits per heavy atom. The van der Waals surface area contributed by atoms with E-state index in [4.69, 9.17) is 14.5 Å². The summed E-state index contributed by atoms with van der Waals surface area (Å²) in [5.74, 6) is 1.86. The third-order valence-electron chi connectivity index (χ3n) is 5.04. The molecule has 3 rings (SSSR count). The van der Waals surface area contributed by atoms with E-state index in [0.717, 1.165) is 28.4 Å². The lowest BCUT2D eigenvalue weighted by atomic mass is 10.1. The smallest absolute Gasteiger partial charge is 0.282 e. The summed E-state index contributed by atoms with van der Waals surface area (Å²) in [5.41, 5.74) is 2.15. The minimum Gasteiger partial charge on any atom is -0.493 e. The molecule has 33 heavy (non-hydrogen) atoms. The van der Waals surface area contributed by atoms with Crippen molar-refractivity contribution in [1.29, 1.82) is 0 Å². The van der Waals surface area contributed by atoms with Crippen LogP contribution in [-0.4, -0.2) is 29.6 Å². The maximum atomic E-state index is 13.3. The number of rotatable bonds is 11. The van der Waals surface area contributed by atoms with Crippen LogP contribution in [0.2, 0.25) is 0 Å². The van der Waals surface area contributed by atoms with Crippen LogP contribution in [0, 0.1) is 0 Å². The molecule has 7 heteroatoms. The van der Waals surface area contributed by atoms with Crippen molar-refractivity contribution in [2.24, 2.45) is 5.10 Å². The van der Waals surface area contributed by atoms with Crippen molar-refractivity contribution in [2.75, 3.05) is 13.7 Å². The number of hydrogen-bond acceptors (Lipinski definition) is 5. The van der Waals surface area contributed by atoms with Gasteiger partial charge in [0.25, 0.3) is 5.56 Å². The van der Waals surface area contributed by atoms with Crippen LogP contribution in [0.25, 0.3) is 10.9 Å². The van der Waals surface area contributed by atoms with Crippen LogP contribution in [0.3, 0.4) is 0 Å².